The van der Waals surface area contributed by atoms with E-state index in [1.54, 1.807) is 30.9 Å². The fraction of sp³-hybridized carbons (Fsp3) is 0.0345. The third-order valence-electron chi connectivity index (χ3n) is 6.89. The maximum Gasteiger partial charge on any atom is 0.263 e. The summed E-state index contributed by atoms with van der Waals surface area (Å²) in [7, 11) is 1.51. The molecule has 2 amide bonds. The quantitative estimate of drug-likeness (QED) is 0.332. The predicted octanol–water partition coefficient (Wildman–Crippen LogP) is 4.92. The van der Waals surface area contributed by atoms with Crippen molar-refractivity contribution >= 4 is 33.6 Å². The Bertz CT molecular complexity index is 1780. The van der Waals surface area contributed by atoms with Crippen molar-refractivity contribution in [3.05, 3.63) is 103 Å². The Morgan fingerprint density at radius 1 is 0.595 bits per heavy atom. The summed E-state index contributed by atoms with van der Waals surface area (Å²) in [5.74, 6) is -0.636. The Balaban J connectivity index is 1.71. The van der Waals surface area contributed by atoms with Gasteiger partial charge in [-0.1, -0.05) is 42.5 Å². The molecule has 37 heavy (non-hydrogen) atoms. The van der Waals surface area contributed by atoms with E-state index < -0.39 is 0 Å². The molecule has 0 fully saturated rings. The molecular weight excluding hydrogens is 464 g/mol. The third-order valence-corrected chi connectivity index (χ3v) is 6.89. The number of hydrogen-bond acceptors (Lipinski definition) is 6. The van der Waals surface area contributed by atoms with Gasteiger partial charge in [-0.05, 0) is 12.1 Å². The van der Waals surface area contributed by atoms with E-state index in [-0.39, 0.29) is 11.8 Å². The van der Waals surface area contributed by atoms with E-state index in [9.17, 15) is 9.59 Å². The van der Waals surface area contributed by atoms with Crippen molar-refractivity contribution in [3.63, 3.8) is 0 Å². The summed E-state index contributed by atoms with van der Waals surface area (Å²) in [6.45, 7) is 0. The van der Waals surface area contributed by atoms with E-state index >= 15 is 0 Å². The van der Waals surface area contributed by atoms with Crippen LogP contribution in [0.3, 0.4) is 0 Å². The maximum atomic E-state index is 13.4. The van der Waals surface area contributed by atoms with E-state index in [0.717, 1.165) is 44.1 Å². The van der Waals surface area contributed by atoms with Crippen molar-refractivity contribution in [2.24, 2.45) is 0 Å². The third kappa shape index (κ3) is 2.96. The Morgan fingerprint density at radius 3 is 1.62 bits per heavy atom. The van der Waals surface area contributed by atoms with Gasteiger partial charge in [0.25, 0.3) is 11.8 Å². The highest BCUT2D eigenvalue weighted by molar-refractivity contribution is 6.24. The van der Waals surface area contributed by atoms with Crippen LogP contribution < -0.4 is 0 Å². The number of imide groups is 1. The first-order valence-corrected chi connectivity index (χ1v) is 11.7. The van der Waals surface area contributed by atoms with Crippen molar-refractivity contribution in [3.8, 4) is 27.9 Å². The second-order valence-electron chi connectivity index (χ2n) is 8.86. The Morgan fingerprint density at radius 2 is 1.08 bits per heavy atom. The number of carbonyl (C=O) groups is 2. The summed E-state index contributed by atoms with van der Waals surface area (Å²) in [4.78, 5) is 44.4. The standard InChI is InChI=1S/C29H18N6O2/c1-34-28(36)23-9-4-10-24(25(23)29(34)37)35-26-19(17-11-30-15-31-12-17)5-2-7-21(26)22-8-3-6-20(27(22)35)18-13-32-16-33-14-18/h2-16H,1H3. The molecule has 0 spiro atoms. The van der Waals surface area contributed by atoms with Crippen LogP contribution in [0.1, 0.15) is 20.7 Å². The fourth-order valence-electron chi connectivity index (χ4n) is 5.27. The van der Waals surface area contributed by atoms with Gasteiger partial charge in [-0.3, -0.25) is 14.5 Å². The van der Waals surface area contributed by atoms with Crippen LogP contribution in [-0.4, -0.2) is 48.3 Å². The van der Waals surface area contributed by atoms with Crippen molar-refractivity contribution in [2.45, 2.75) is 0 Å². The van der Waals surface area contributed by atoms with Crippen LogP contribution in [0.2, 0.25) is 0 Å². The summed E-state index contributed by atoms with van der Waals surface area (Å²) in [6.07, 6.45) is 10.1. The minimum atomic E-state index is -0.327. The average Bonchev–Trinajstić information content (AvgIpc) is 3.41. The zero-order chi connectivity index (χ0) is 25.1. The molecule has 3 aromatic heterocycles. The van der Waals surface area contributed by atoms with E-state index in [1.165, 1.54) is 24.6 Å². The number of fused-ring (bicyclic) bond motifs is 4. The monoisotopic (exact) mass is 482 g/mol. The number of aromatic nitrogens is 5. The Labute approximate surface area is 210 Å². The largest absolute Gasteiger partial charge is 0.307 e. The molecule has 0 bridgehead atoms. The molecule has 6 aromatic rings. The van der Waals surface area contributed by atoms with Gasteiger partial charge in [0.2, 0.25) is 0 Å². The van der Waals surface area contributed by atoms with E-state index in [2.05, 4.69) is 36.6 Å². The molecule has 8 heteroatoms. The van der Waals surface area contributed by atoms with Crippen LogP contribution in [0.4, 0.5) is 0 Å². The van der Waals surface area contributed by atoms with Crippen molar-refractivity contribution < 1.29 is 9.59 Å². The zero-order valence-electron chi connectivity index (χ0n) is 19.7. The molecule has 0 aliphatic carbocycles. The second-order valence-corrected chi connectivity index (χ2v) is 8.86. The molecule has 0 radical (unpaired) electrons. The Kier molecular flexibility index (Phi) is 4.49. The maximum absolute atomic E-state index is 13.4. The number of benzene rings is 3. The molecule has 7 rings (SSSR count). The average molecular weight is 483 g/mol. The van der Waals surface area contributed by atoms with Crippen LogP contribution in [-0.2, 0) is 0 Å². The summed E-state index contributed by atoms with van der Waals surface area (Å²) >= 11 is 0. The van der Waals surface area contributed by atoms with Gasteiger partial charge in [0, 0.05) is 64.9 Å². The number of carbonyl (C=O) groups excluding carboxylic acids is 2. The van der Waals surface area contributed by atoms with Crippen molar-refractivity contribution in [2.75, 3.05) is 7.05 Å². The second kappa shape index (κ2) is 7.89. The van der Waals surface area contributed by atoms with E-state index in [4.69, 9.17) is 0 Å². The first kappa shape index (κ1) is 21.1. The van der Waals surface area contributed by atoms with Crippen LogP contribution in [0.25, 0.3) is 49.7 Å². The minimum Gasteiger partial charge on any atom is -0.307 e. The smallest absolute Gasteiger partial charge is 0.263 e. The molecule has 1 aliphatic heterocycles. The molecule has 0 saturated heterocycles. The zero-order valence-corrected chi connectivity index (χ0v) is 19.7. The molecule has 1 aliphatic rings. The summed E-state index contributed by atoms with van der Waals surface area (Å²) in [5, 5.41) is 2.00. The molecule has 0 unspecified atom stereocenters. The first-order valence-electron chi connectivity index (χ1n) is 11.7. The highest BCUT2D eigenvalue weighted by atomic mass is 16.2. The van der Waals surface area contributed by atoms with Crippen LogP contribution >= 0.6 is 0 Å². The van der Waals surface area contributed by atoms with Gasteiger partial charge in [0.1, 0.15) is 12.7 Å². The summed E-state index contributed by atoms with van der Waals surface area (Å²) in [5.41, 5.74) is 6.68. The number of hydrogen-bond donors (Lipinski definition) is 0. The fourth-order valence-corrected chi connectivity index (χ4v) is 5.27. The van der Waals surface area contributed by atoms with Gasteiger partial charge < -0.3 is 4.57 Å². The van der Waals surface area contributed by atoms with Gasteiger partial charge in [0.05, 0.1) is 27.8 Å². The van der Waals surface area contributed by atoms with Crippen molar-refractivity contribution in [1.29, 1.82) is 0 Å². The first-order chi connectivity index (χ1) is 18.1. The van der Waals surface area contributed by atoms with Gasteiger partial charge in [-0.2, -0.15) is 0 Å². The van der Waals surface area contributed by atoms with Crippen LogP contribution in [0.5, 0.6) is 0 Å². The number of nitrogens with zero attached hydrogens (tertiary/aromatic N) is 6. The normalized spacial score (nSPS) is 13.1. The molecule has 0 atom stereocenters. The Hall–Kier alpha value is -5.24. The van der Waals surface area contributed by atoms with Crippen LogP contribution in [0, 0.1) is 0 Å². The lowest BCUT2D eigenvalue weighted by atomic mass is 10.0. The molecule has 176 valence electrons. The van der Waals surface area contributed by atoms with Crippen LogP contribution in [0.15, 0.2) is 92.0 Å². The number of rotatable bonds is 3. The summed E-state index contributed by atoms with van der Waals surface area (Å²) in [6, 6.07) is 17.6. The highest BCUT2D eigenvalue weighted by Gasteiger charge is 2.36. The van der Waals surface area contributed by atoms with Gasteiger partial charge >= 0.3 is 0 Å². The minimum absolute atomic E-state index is 0.309. The molecule has 3 aromatic carbocycles. The molecule has 0 N–H and O–H groups in total. The SMILES string of the molecule is CN1C(=O)c2cccc(-n3c4c(-c5cncnc5)cccc4c4cccc(-c5cncnc5)c43)c2C1=O. The molecular formula is C29H18N6O2. The molecule has 4 heterocycles. The summed E-state index contributed by atoms with van der Waals surface area (Å²) < 4.78 is 2.08. The lowest BCUT2D eigenvalue weighted by Crippen LogP contribution is -2.24. The lowest BCUT2D eigenvalue weighted by Gasteiger charge is -2.15. The predicted molar refractivity (Wildman–Crippen MR) is 139 cm³/mol. The highest BCUT2D eigenvalue weighted by Crippen LogP contribution is 2.43. The van der Waals surface area contributed by atoms with Gasteiger partial charge in [-0.25, -0.2) is 19.9 Å². The topological polar surface area (TPSA) is 93.9 Å². The van der Waals surface area contributed by atoms with Gasteiger partial charge in [0.15, 0.2) is 0 Å². The number of amides is 2. The van der Waals surface area contributed by atoms with Gasteiger partial charge in [-0.15, -0.1) is 0 Å². The van der Waals surface area contributed by atoms with E-state index in [1.807, 2.05) is 36.4 Å². The van der Waals surface area contributed by atoms with E-state index in [0.29, 0.717) is 16.8 Å². The molecule has 8 nitrogen and oxygen atoms in total. The lowest BCUT2D eigenvalue weighted by molar-refractivity contribution is 0.0693. The number of para-hydroxylation sites is 2. The molecule has 0 saturated carbocycles. The van der Waals surface area contributed by atoms with Crippen molar-refractivity contribution in [1.82, 2.24) is 29.4 Å².